The molecule has 1 heteroatoms. The van der Waals surface area contributed by atoms with Crippen LogP contribution in [0.3, 0.4) is 0 Å². The molecule has 0 aromatic carbocycles. The van der Waals surface area contributed by atoms with Gasteiger partial charge in [-0.1, -0.05) is 12.2 Å². The van der Waals surface area contributed by atoms with Crippen LogP contribution in [-0.2, 0) is 25.7 Å². The Morgan fingerprint density at radius 3 is 1.80 bits per heavy atom. The van der Waals surface area contributed by atoms with Gasteiger partial charge < -0.3 is 0 Å². The van der Waals surface area contributed by atoms with Crippen molar-refractivity contribution in [3.63, 3.8) is 0 Å². The highest BCUT2D eigenvalue weighted by molar-refractivity contribution is 7.32. The molecule has 0 unspecified atom stereocenters. The van der Waals surface area contributed by atoms with Gasteiger partial charge in [-0.15, -0.1) is 21.4 Å². The third kappa shape index (κ3) is 2.11. The van der Waals surface area contributed by atoms with E-state index in [4.69, 9.17) is 0 Å². The van der Waals surface area contributed by atoms with Crippen molar-refractivity contribution >= 4 is 8.19 Å². The fraction of sp³-hybridized carbons (Fsp3) is 0.429. The van der Waals surface area contributed by atoms with Crippen LogP contribution >= 0.6 is 8.19 Å². The number of fused-ring (bicyclic) bond motifs is 1. The Hall–Kier alpha value is -0.740. The molecule has 0 bridgehead atoms. The van der Waals surface area contributed by atoms with Crippen LogP contribution in [-0.4, -0.2) is 0 Å². The number of hydrogen-bond donors (Lipinski definition) is 0. The van der Waals surface area contributed by atoms with E-state index in [2.05, 4.69) is 25.3 Å². The quantitative estimate of drug-likeness (QED) is 0.669. The van der Waals surface area contributed by atoms with Gasteiger partial charge in [-0.3, -0.25) is 0 Å². The standard InChI is InChI=1S/C14H19P/c1-3-7-13-11-9-5-6-10-12(11)14(15-13)8-4-2/h3-4,15H,1-2,5-10H2. The Labute approximate surface area is 94.2 Å². The molecule has 0 N–H and O–H groups in total. The average Bonchev–Trinajstić information content (AvgIpc) is 2.59. The minimum absolute atomic E-state index is 0.936. The fourth-order valence-electron chi connectivity index (χ4n) is 2.54. The molecular formula is C14H19P. The maximum atomic E-state index is 3.86. The van der Waals surface area contributed by atoms with E-state index in [0.29, 0.717) is 0 Å². The van der Waals surface area contributed by atoms with Crippen molar-refractivity contribution in [1.29, 1.82) is 0 Å². The van der Waals surface area contributed by atoms with Crippen LogP contribution in [0.4, 0.5) is 0 Å². The predicted molar refractivity (Wildman–Crippen MR) is 70.4 cm³/mol. The van der Waals surface area contributed by atoms with Crippen molar-refractivity contribution < 1.29 is 0 Å². The van der Waals surface area contributed by atoms with E-state index in [0.717, 1.165) is 21.0 Å². The maximum Gasteiger partial charge on any atom is -0.00621 e. The van der Waals surface area contributed by atoms with E-state index in [-0.39, 0.29) is 0 Å². The smallest absolute Gasteiger partial charge is 0.00621 e. The van der Waals surface area contributed by atoms with Crippen molar-refractivity contribution in [3.8, 4) is 0 Å². The molecule has 1 aromatic rings. The summed E-state index contributed by atoms with van der Waals surface area (Å²) in [5.74, 6) is 0. The van der Waals surface area contributed by atoms with Gasteiger partial charge >= 0.3 is 0 Å². The highest BCUT2D eigenvalue weighted by atomic mass is 31.0. The molecular weight excluding hydrogens is 199 g/mol. The molecule has 0 fully saturated rings. The molecule has 80 valence electrons. The molecule has 1 aromatic heterocycles. The summed E-state index contributed by atoms with van der Waals surface area (Å²) in [6.45, 7) is 7.73. The van der Waals surface area contributed by atoms with Gasteiger partial charge in [0.1, 0.15) is 0 Å². The van der Waals surface area contributed by atoms with Crippen molar-refractivity contribution in [3.05, 3.63) is 47.0 Å². The topological polar surface area (TPSA) is 0 Å². The Kier molecular flexibility index (Phi) is 3.49. The lowest BCUT2D eigenvalue weighted by molar-refractivity contribution is 0.683. The first kappa shape index (κ1) is 10.8. The summed E-state index contributed by atoms with van der Waals surface area (Å²) in [5, 5.41) is 3.33. The van der Waals surface area contributed by atoms with Crippen LogP contribution in [0, 0.1) is 0 Å². The van der Waals surface area contributed by atoms with Gasteiger partial charge in [-0.2, -0.15) is 0 Å². The van der Waals surface area contributed by atoms with E-state index in [1.807, 2.05) is 0 Å². The highest BCUT2D eigenvalue weighted by Crippen LogP contribution is 2.38. The molecule has 0 saturated carbocycles. The lowest BCUT2D eigenvalue weighted by atomic mass is 9.91. The first-order chi connectivity index (χ1) is 7.36. The van der Waals surface area contributed by atoms with E-state index in [1.54, 1.807) is 21.7 Å². The van der Waals surface area contributed by atoms with Crippen LogP contribution < -0.4 is 0 Å². The van der Waals surface area contributed by atoms with Crippen molar-refractivity contribution in [1.82, 2.24) is 0 Å². The van der Waals surface area contributed by atoms with Crippen LogP contribution in [0.1, 0.15) is 34.6 Å². The molecule has 1 heterocycles. The molecule has 0 amide bonds. The van der Waals surface area contributed by atoms with E-state index >= 15 is 0 Å². The third-order valence-electron chi connectivity index (χ3n) is 3.20. The third-order valence-corrected chi connectivity index (χ3v) is 4.81. The molecule has 0 atom stereocenters. The first-order valence-corrected chi connectivity index (χ1v) is 6.80. The largest absolute Gasteiger partial charge is 0.132 e. The number of hydrogen-bond acceptors (Lipinski definition) is 0. The highest BCUT2D eigenvalue weighted by Gasteiger charge is 2.17. The molecule has 15 heavy (non-hydrogen) atoms. The number of allylic oxidation sites excluding steroid dienone is 2. The van der Waals surface area contributed by atoms with Gasteiger partial charge in [0.25, 0.3) is 0 Å². The van der Waals surface area contributed by atoms with E-state index in [1.165, 1.54) is 25.7 Å². The zero-order valence-corrected chi connectivity index (χ0v) is 10.3. The van der Waals surface area contributed by atoms with E-state index < -0.39 is 0 Å². The van der Waals surface area contributed by atoms with Gasteiger partial charge in [0.2, 0.25) is 0 Å². The second-order valence-electron chi connectivity index (χ2n) is 4.23. The summed E-state index contributed by atoms with van der Waals surface area (Å²) in [7, 11) is 0.936. The van der Waals surface area contributed by atoms with Gasteiger partial charge in [0.05, 0.1) is 0 Å². The Balaban J connectivity index is 2.39. The molecule has 2 rings (SSSR count). The fourth-order valence-corrected chi connectivity index (χ4v) is 4.25. The average molecular weight is 218 g/mol. The Morgan fingerprint density at radius 1 is 0.933 bits per heavy atom. The molecule has 0 spiro atoms. The predicted octanol–water partition coefficient (Wildman–Crippen LogP) is 4.05. The minimum atomic E-state index is 0.936. The van der Waals surface area contributed by atoms with Gasteiger partial charge in [-0.05, 0) is 60.2 Å². The lowest BCUT2D eigenvalue weighted by Gasteiger charge is -2.14. The monoisotopic (exact) mass is 218 g/mol. The molecule has 0 radical (unpaired) electrons. The molecule has 0 aliphatic heterocycles. The second kappa shape index (κ2) is 4.86. The molecule has 1 aliphatic carbocycles. The first-order valence-electron chi connectivity index (χ1n) is 5.80. The minimum Gasteiger partial charge on any atom is -0.132 e. The summed E-state index contributed by atoms with van der Waals surface area (Å²) >= 11 is 0. The summed E-state index contributed by atoms with van der Waals surface area (Å²) < 4.78 is 0. The lowest BCUT2D eigenvalue weighted by Crippen LogP contribution is -2.02. The van der Waals surface area contributed by atoms with Crippen LogP contribution in [0.2, 0.25) is 0 Å². The zero-order valence-electron chi connectivity index (χ0n) is 9.31. The normalized spacial score (nSPS) is 14.7. The Bertz CT molecular complexity index is 336. The maximum absolute atomic E-state index is 3.86. The van der Waals surface area contributed by atoms with Crippen molar-refractivity contribution in [2.75, 3.05) is 0 Å². The second-order valence-corrected chi connectivity index (χ2v) is 5.69. The van der Waals surface area contributed by atoms with Crippen LogP contribution in [0.15, 0.2) is 25.3 Å². The van der Waals surface area contributed by atoms with Gasteiger partial charge in [0, 0.05) is 0 Å². The molecule has 0 nitrogen and oxygen atoms in total. The number of rotatable bonds is 4. The van der Waals surface area contributed by atoms with Crippen LogP contribution in [0.25, 0.3) is 0 Å². The summed E-state index contributed by atoms with van der Waals surface area (Å²) in [6, 6.07) is 0. The Morgan fingerprint density at radius 2 is 1.40 bits per heavy atom. The zero-order chi connectivity index (χ0) is 10.7. The van der Waals surface area contributed by atoms with Crippen molar-refractivity contribution in [2.45, 2.75) is 38.5 Å². The van der Waals surface area contributed by atoms with Gasteiger partial charge in [-0.25, -0.2) is 0 Å². The molecule has 1 aliphatic rings. The summed E-state index contributed by atoms with van der Waals surface area (Å²) in [6.07, 6.45) is 11.7. The summed E-state index contributed by atoms with van der Waals surface area (Å²) in [5.41, 5.74) is 3.38. The molecule has 0 saturated heterocycles. The van der Waals surface area contributed by atoms with Gasteiger partial charge in [0.15, 0.2) is 0 Å². The summed E-state index contributed by atoms with van der Waals surface area (Å²) in [4.78, 5) is 0. The van der Waals surface area contributed by atoms with E-state index in [9.17, 15) is 0 Å². The van der Waals surface area contributed by atoms with Crippen LogP contribution in [0.5, 0.6) is 0 Å². The van der Waals surface area contributed by atoms with Crippen molar-refractivity contribution in [2.24, 2.45) is 0 Å². The SMILES string of the molecule is C=CCc1[pH]c(CC=C)c2c1CCCC2.